The third-order valence-corrected chi connectivity index (χ3v) is 2.82. The van der Waals surface area contributed by atoms with E-state index in [2.05, 4.69) is 0 Å². The van der Waals surface area contributed by atoms with Gasteiger partial charge in [-0.15, -0.1) is 0 Å². The highest BCUT2D eigenvalue weighted by Gasteiger charge is 2.30. The van der Waals surface area contributed by atoms with Crippen LogP contribution in [-0.4, -0.2) is 22.8 Å². The number of hydrogen-bond acceptors (Lipinski definition) is 3. The minimum atomic E-state index is -0.607. The maximum atomic E-state index is 11.8. The fraction of sp³-hybridized carbons (Fsp3) is 0.923. The van der Waals surface area contributed by atoms with Crippen LogP contribution in [0.3, 0.4) is 0 Å². The van der Waals surface area contributed by atoms with Gasteiger partial charge in [0.2, 0.25) is 0 Å². The molecule has 0 aromatic carbocycles. The number of ether oxygens (including phenoxy) is 1. The summed E-state index contributed by atoms with van der Waals surface area (Å²) in [7, 11) is 0. The molecule has 0 unspecified atom stereocenters. The van der Waals surface area contributed by atoms with Crippen LogP contribution in [0.4, 0.5) is 0 Å². The highest BCUT2D eigenvalue weighted by Crippen LogP contribution is 2.22. The summed E-state index contributed by atoms with van der Waals surface area (Å²) in [5.41, 5.74) is -0.487. The predicted molar refractivity (Wildman–Crippen MR) is 65.1 cm³/mol. The number of hydrogen-bond donors (Lipinski definition) is 1. The summed E-state index contributed by atoms with van der Waals surface area (Å²) in [6.07, 6.45) is 1.15. The predicted octanol–water partition coefficient (Wildman–Crippen LogP) is 2.76. The fourth-order valence-electron chi connectivity index (χ4n) is 1.71. The van der Waals surface area contributed by atoms with E-state index in [9.17, 15) is 9.90 Å². The molecule has 2 atom stereocenters. The zero-order chi connectivity index (χ0) is 12.9. The van der Waals surface area contributed by atoms with E-state index in [0.29, 0.717) is 0 Å². The summed E-state index contributed by atoms with van der Waals surface area (Å²) in [6.45, 7) is 11.3. The van der Waals surface area contributed by atoms with Gasteiger partial charge in [0, 0.05) is 0 Å². The van der Waals surface area contributed by atoms with Crippen LogP contribution >= 0.6 is 0 Å². The lowest BCUT2D eigenvalue weighted by Gasteiger charge is -2.28. The highest BCUT2D eigenvalue weighted by atomic mass is 16.6. The largest absolute Gasteiger partial charge is 0.460 e. The summed E-state index contributed by atoms with van der Waals surface area (Å²) >= 11 is 0. The van der Waals surface area contributed by atoms with E-state index in [1.165, 1.54) is 0 Å². The Morgan fingerprint density at radius 3 is 2.00 bits per heavy atom. The fourth-order valence-corrected chi connectivity index (χ4v) is 1.71. The standard InChI is InChI=1S/C13H26O3/c1-7-10(8-2)11(14)9(3)12(15)16-13(4,5)6/h9-11,14H,7-8H2,1-6H3/t9-,11-/m0/s1. The zero-order valence-electron chi connectivity index (χ0n) is 11.4. The molecule has 0 radical (unpaired) electrons. The Hall–Kier alpha value is -0.570. The van der Waals surface area contributed by atoms with E-state index >= 15 is 0 Å². The summed E-state index contributed by atoms with van der Waals surface area (Å²) in [5.74, 6) is -0.599. The molecule has 0 spiro atoms. The molecular weight excluding hydrogens is 204 g/mol. The Morgan fingerprint density at radius 1 is 1.25 bits per heavy atom. The van der Waals surface area contributed by atoms with E-state index in [0.717, 1.165) is 12.8 Å². The topological polar surface area (TPSA) is 46.5 Å². The average molecular weight is 230 g/mol. The quantitative estimate of drug-likeness (QED) is 0.739. The summed E-state index contributed by atoms with van der Waals surface area (Å²) < 4.78 is 5.26. The Kier molecular flexibility index (Phi) is 6.01. The van der Waals surface area contributed by atoms with Gasteiger partial charge >= 0.3 is 5.97 Å². The normalized spacial score (nSPS) is 16.0. The van der Waals surface area contributed by atoms with E-state index in [4.69, 9.17) is 4.74 Å². The highest BCUT2D eigenvalue weighted by molar-refractivity contribution is 5.73. The maximum Gasteiger partial charge on any atom is 0.311 e. The van der Waals surface area contributed by atoms with Gasteiger partial charge in [-0.25, -0.2) is 0 Å². The van der Waals surface area contributed by atoms with Gasteiger partial charge in [-0.3, -0.25) is 4.79 Å². The molecule has 0 bridgehead atoms. The maximum absolute atomic E-state index is 11.8. The van der Waals surface area contributed by atoms with E-state index in [1.54, 1.807) is 6.92 Å². The average Bonchev–Trinajstić information content (AvgIpc) is 2.15. The first-order valence-corrected chi connectivity index (χ1v) is 6.13. The molecule has 3 nitrogen and oxygen atoms in total. The molecule has 16 heavy (non-hydrogen) atoms. The zero-order valence-corrected chi connectivity index (χ0v) is 11.4. The van der Waals surface area contributed by atoms with Gasteiger partial charge in [0.1, 0.15) is 5.60 Å². The van der Waals surface area contributed by atoms with Crippen molar-refractivity contribution in [1.29, 1.82) is 0 Å². The van der Waals surface area contributed by atoms with Gasteiger partial charge in [0.15, 0.2) is 0 Å². The molecule has 0 rings (SSSR count). The van der Waals surface area contributed by atoms with Crippen LogP contribution in [0.15, 0.2) is 0 Å². The molecule has 1 N–H and O–H groups in total. The molecule has 0 saturated carbocycles. The van der Waals surface area contributed by atoms with Gasteiger partial charge in [0.05, 0.1) is 12.0 Å². The minimum absolute atomic E-state index is 0.169. The summed E-state index contributed by atoms with van der Waals surface area (Å²) in [5, 5.41) is 10.0. The van der Waals surface area contributed by atoms with Gasteiger partial charge in [0.25, 0.3) is 0 Å². The molecular formula is C13H26O3. The van der Waals surface area contributed by atoms with Crippen LogP contribution in [0.25, 0.3) is 0 Å². The van der Waals surface area contributed by atoms with Crippen LogP contribution < -0.4 is 0 Å². The van der Waals surface area contributed by atoms with Crippen molar-refractivity contribution in [1.82, 2.24) is 0 Å². The molecule has 0 fully saturated rings. The van der Waals surface area contributed by atoms with Crippen molar-refractivity contribution in [3.63, 3.8) is 0 Å². The number of carbonyl (C=O) groups is 1. The first kappa shape index (κ1) is 15.4. The summed E-state index contributed by atoms with van der Waals surface area (Å²) in [4.78, 5) is 11.8. The number of esters is 1. The Bertz CT molecular complexity index is 214. The lowest BCUT2D eigenvalue weighted by atomic mass is 9.88. The second-order valence-corrected chi connectivity index (χ2v) is 5.39. The Balaban J connectivity index is 4.42. The van der Waals surface area contributed by atoms with Crippen molar-refractivity contribution in [2.45, 2.75) is 66.1 Å². The monoisotopic (exact) mass is 230 g/mol. The molecule has 0 aliphatic rings. The van der Waals surface area contributed by atoms with E-state index in [1.807, 2.05) is 34.6 Å². The molecule has 0 aliphatic carbocycles. The van der Waals surface area contributed by atoms with Gasteiger partial charge < -0.3 is 9.84 Å². The van der Waals surface area contributed by atoms with Crippen molar-refractivity contribution < 1.29 is 14.6 Å². The van der Waals surface area contributed by atoms with Crippen molar-refractivity contribution in [3.05, 3.63) is 0 Å². The molecule has 0 aromatic heterocycles. The van der Waals surface area contributed by atoms with Crippen LogP contribution in [0, 0.1) is 11.8 Å². The lowest BCUT2D eigenvalue weighted by molar-refractivity contribution is -0.164. The molecule has 0 aliphatic heterocycles. The van der Waals surface area contributed by atoms with Crippen molar-refractivity contribution in [2.75, 3.05) is 0 Å². The van der Waals surface area contributed by atoms with Crippen molar-refractivity contribution in [2.24, 2.45) is 11.8 Å². The van der Waals surface area contributed by atoms with Crippen LogP contribution in [-0.2, 0) is 9.53 Å². The molecule has 0 aromatic rings. The van der Waals surface area contributed by atoms with Gasteiger partial charge in [-0.1, -0.05) is 26.7 Å². The number of aliphatic hydroxyl groups excluding tert-OH is 1. The first-order valence-electron chi connectivity index (χ1n) is 6.13. The summed E-state index contributed by atoms with van der Waals surface area (Å²) in [6, 6.07) is 0. The smallest absolute Gasteiger partial charge is 0.311 e. The minimum Gasteiger partial charge on any atom is -0.460 e. The number of carbonyl (C=O) groups excluding carboxylic acids is 1. The van der Waals surface area contributed by atoms with Crippen LogP contribution in [0.1, 0.15) is 54.4 Å². The number of aliphatic hydroxyl groups is 1. The van der Waals surface area contributed by atoms with Crippen LogP contribution in [0.5, 0.6) is 0 Å². The second-order valence-electron chi connectivity index (χ2n) is 5.39. The first-order chi connectivity index (χ1) is 7.22. The second kappa shape index (κ2) is 6.24. The van der Waals surface area contributed by atoms with Gasteiger partial charge in [-0.2, -0.15) is 0 Å². The molecule has 0 heterocycles. The molecule has 0 saturated heterocycles. The Morgan fingerprint density at radius 2 is 1.69 bits per heavy atom. The third kappa shape index (κ3) is 4.97. The van der Waals surface area contributed by atoms with E-state index in [-0.39, 0.29) is 11.9 Å². The Labute approximate surface area is 99.2 Å². The van der Waals surface area contributed by atoms with Crippen LogP contribution in [0.2, 0.25) is 0 Å². The van der Waals surface area contributed by atoms with Crippen molar-refractivity contribution >= 4 is 5.97 Å². The molecule has 3 heteroatoms. The van der Waals surface area contributed by atoms with Gasteiger partial charge in [-0.05, 0) is 33.6 Å². The number of rotatable bonds is 5. The van der Waals surface area contributed by atoms with E-state index < -0.39 is 17.6 Å². The lowest BCUT2D eigenvalue weighted by Crippen LogP contribution is -2.36. The molecule has 96 valence electrons. The molecule has 0 amide bonds. The third-order valence-electron chi connectivity index (χ3n) is 2.82. The van der Waals surface area contributed by atoms with Crippen molar-refractivity contribution in [3.8, 4) is 0 Å². The SMILES string of the molecule is CCC(CC)[C@@H](O)[C@H](C)C(=O)OC(C)(C)C.